The van der Waals surface area contributed by atoms with Gasteiger partial charge in [-0.2, -0.15) is 0 Å². The first kappa shape index (κ1) is 13.3. The van der Waals surface area contributed by atoms with Crippen molar-refractivity contribution in [1.29, 1.82) is 0 Å². The molecule has 0 bridgehead atoms. The molecule has 2 N–H and O–H groups in total. The molecule has 0 aliphatic heterocycles. The van der Waals surface area contributed by atoms with Gasteiger partial charge in [0.25, 0.3) is 0 Å². The lowest BCUT2D eigenvalue weighted by Gasteiger charge is -2.14. The van der Waals surface area contributed by atoms with Crippen LogP contribution in [0.3, 0.4) is 0 Å². The molecule has 0 heterocycles. The first-order valence-corrected chi connectivity index (χ1v) is 6.02. The summed E-state index contributed by atoms with van der Waals surface area (Å²) in [4.78, 5) is 0. The molecule has 0 fully saturated rings. The van der Waals surface area contributed by atoms with E-state index < -0.39 is 0 Å². The Hall–Kier alpha value is -0.730. The quantitative estimate of drug-likeness (QED) is 0.804. The Morgan fingerprint density at radius 3 is 2.56 bits per heavy atom. The first-order chi connectivity index (χ1) is 7.61. The summed E-state index contributed by atoms with van der Waals surface area (Å²) in [5.41, 5.74) is 9.21. The Bertz CT molecular complexity index is 363. The number of halogens is 1. The van der Waals surface area contributed by atoms with Gasteiger partial charge in [0.05, 0.1) is 12.1 Å². The van der Waals surface area contributed by atoms with Crippen molar-refractivity contribution in [2.24, 2.45) is 5.73 Å². The van der Waals surface area contributed by atoms with E-state index >= 15 is 0 Å². The highest BCUT2D eigenvalue weighted by Crippen LogP contribution is 2.33. The molecule has 0 radical (unpaired) electrons. The topological polar surface area (TPSA) is 35.2 Å². The smallest absolute Gasteiger partial charge is 0.138 e. The summed E-state index contributed by atoms with van der Waals surface area (Å²) in [5.74, 6) is 0.763. The van der Waals surface area contributed by atoms with E-state index in [1.807, 2.05) is 6.07 Å². The standard InChI is InChI=1S/C13H20ClNO/c1-9-8-12(16-3)13(14)10(2)11(9)6-4-5-7-15/h8H,4-7,15H2,1-3H3. The van der Waals surface area contributed by atoms with Crippen LogP contribution < -0.4 is 10.5 Å². The second-order valence-corrected chi connectivity index (χ2v) is 4.44. The van der Waals surface area contributed by atoms with Crippen LogP contribution in [0.1, 0.15) is 29.5 Å². The summed E-state index contributed by atoms with van der Waals surface area (Å²) in [5, 5.41) is 0.732. The summed E-state index contributed by atoms with van der Waals surface area (Å²) in [7, 11) is 1.65. The molecule has 0 atom stereocenters. The van der Waals surface area contributed by atoms with Gasteiger partial charge in [-0.25, -0.2) is 0 Å². The van der Waals surface area contributed by atoms with Crippen molar-refractivity contribution in [3.63, 3.8) is 0 Å². The van der Waals surface area contributed by atoms with Crippen LogP contribution in [0, 0.1) is 13.8 Å². The second kappa shape index (κ2) is 6.12. The van der Waals surface area contributed by atoms with Crippen molar-refractivity contribution in [2.45, 2.75) is 33.1 Å². The molecule has 1 aromatic carbocycles. The normalized spacial score (nSPS) is 10.6. The lowest BCUT2D eigenvalue weighted by molar-refractivity contribution is 0.414. The van der Waals surface area contributed by atoms with Gasteiger partial charge in [0.2, 0.25) is 0 Å². The molecule has 0 aromatic heterocycles. The highest BCUT2D eigenvalue weighted by Gasteiger charge is 2.11. The molecule has 2 nitrogen and oxygen atoms in total. The second-order valence-electron chi connectivity index (χ2n) is 4.06. The number of unbranched alkanes of at least 4 members (excludes halogenated alkanes) is 1. The van der Waals surface area contributed by atoms with Gasteiger partial charge >= 0.3 is 0 Å². The van der Waals surface area contributed by atoms with Crippen LogP contribution >= 0.6 is 11.6 Å². The molecule has 0 aliphatic carbocycles. The Balaban J connectivity index is 2.96. The minimum Gasteiger partial charge on any atom is -0.495 e. The van der Waals surface area contributed by atoms with E-state index in [1.54, 1.807) is 7.11 Å². The highest BCUT2D eigenvalue weighted by molar-refractivity contribution is 6.33. The van der Waals surface area contributed by atoms with Crippen molar-refractivity contribution in [2.75, 3.05) is 13.7 Å². The first-order valence-electron chi connectivity index (χ1n) is 5.64. The molecule has 16 heavy (non-hydrogen) atoms. The van der Waals surface area contributed by atoms with Gasteiger partial charge in [-0.15, -0.1) is 0 Å². The van der Waals surface area contributed by atoms with Crippen LogP contribution in [0.25, 0.3) is 0 Å². The van der Waals surface area contributed by atoms with Crippen molar-refractivity contribution in [3.8, 4) is 5.75 Å². The maximum Gasteiger partial charge on any atom is 0.138 e. The average molecular weight is 242 g/mol. The van der Waals surface area contributed by atoms with E-state index in [4.69, 9.17) is 22.1 Å². The molecule has 0 amide bonds. The number of nitrogens with two attached hydrogens (primary N) is 1. The van der Waals surface area contributed by atoms with Gasteiger partial charge < -0.3 is 10.5 Å². The molecule has 0 unspecified atom stereocenters. The number of hydrogen-bond acceptors (Lipinski definition) is 2. The van der Waals surface area contributed by atoms with Gasteiger partial charge in [0.15, 0.2) is 0 Å². The van der Waals surface area contributed by atoms with E-state index in [9.17, 15) is 0 Å². The Labute approximate surface area is 103 Å². The molecule has 0 saturated carbocycles. The van der Waals surface area contributed by atoms with Gasteiger partial charge in [-0.1, -0.05) is 11.6 Å². The zero-order chi connectivity index (χ0) is 12.1. The minimum absolute atomic E-state index is 0.732. The van der Waals surface area contributed by atoms with Crippen molar-refractivity contribution < 1.29 is 4.74 Å². The zero-order valence-electron chi connectivity index (χ0n) is 10.3. The van der Waals surface area contributed by atoms with Gasteiger partial charge in [0, 0.05) is 0 Å². The molecule has 1 rings (SSSR count). The fourth-order valence-corrected chi connectivity index (χ4v) is 2.19. The largest absolute Gasteiger partial charge is 0.495 e. The summed E-state index contributed by atoms with van der Waals surface area (Å²) >= 11 is 6.23. The molecule has 90 valence electrons. The summed E-state index contributed by atoms with van der Waals surface area (Å²) in [6, 6.07) is 2.01. The predicted molar refractivity (Wildman–Crippen MR) is 69.5 cm³/mol. The molecule has 1 aromatic rings. The zero-order valence-corrected chi connectivity index (χ0v) is 11.0. The third kappa shape index (κ3) is 2.89. The van der Waals surface area contributed by atoms with Gasteiger partial charge in [0.1, 0.15) is 5.75 Å². The molecule has 0 saturated heterocycles. The predicted octanol–water partition coefficient (Wildman–Crippen LogP) is 3.25. The van der Waals surface area contributed by atoms with Crippen LogP contribution in [0.5, 0.6) is 5.75 Å². The number of hydrogen-bond donors (Lipinski definition) is 1. The van der Waals surface area contributed by atoms with Crippen LogP contribution in [0.15, 0.2) is 6.07 Å². The Kier molecular flexibility index (Phi) is 5.10. The summed E-state index contributed by atoms with van der Waals surface area (Å²) in [6.45, 7) is 4.90. The number of benzene rings is 1. The lowest BCUT2D eigenvalue weighted by Crippen LogP contribution is -2.02. The van der Waals surface area contributed by atoms with Crippen LogP contribution in [-0.4, -0.2) is 13.7 Å². The fourth-order valence-electron chi connectivity index (χ4n) is 1.94. The Morgan fingerprint density at radius 2 is 2.00 bits per heavy atom. The van der Waals surface area contributed by atoms with Gasteiger partial charge in [-0.05, 0) is 62.4 Å². The lowest BCUT2D eigenvalue weighted by atomic mass is 9.97. The van der Waals surface area contributed by atoms with E-state index in [0.29, 0.717) is 0 Å². The number of methoxy groups -OCH3 is 1. The average Bonchev–Trinajstić information content (AvgIpc) is 2.28. The van der Waals surface area contributed by atoms with Crippen LogP contribution in [0.4, 0.5) is 0 Å². The Morgan fingerprint density at radius 1 is 1.31 bits per heavy atom. The maximum absolute atomic E-state index is 6.23. The molecule has 0 aliphatic rings. The van der Waals surface area contributed by atoms with E-state index in [0.717, 1.165) is 42.1 Å². The SMILES string of the molecule is COc1cc(C)c(CCCCN)c(C)c1Cl. The third-order valence-corrected chi connectivity index (χ3v) is 3.39. The number of aryl methyl sites for hydroxylation is 1. The van der Waals surface area contributed by atoms with Crippen LogP contribution in [-0.2, 0) is 6.42 Å². The molecular weight excluding hydrogens is 222 g/mol. The van der Waals surface area contributed by atoms with E-state index in [-0.39, 0.29) is 0 Å². The van der Waals surface area contributed by atoms with E-state index in [1.165, 1.54) is 11.1 Å². The van der Waals surface area contributed by atoms with E-state index in [2.05, 4.69) is 13.8 Å². The highest BCUT2D eigenvalue weighted by atomic mass is 35.5. The number of ether oxygens (including phenoxy) is 1. The summed E-state index contributed by atoms with van der Waals surface area (Å²) < 4.78 is 5.24. The van der Waals surface area contributed by atoms with Crippen molar-refractivity contribution >= 4 is 11.6 Å². The molecule has 3 heteroatoms. The third-order valence-electron chi connectivity index (χ3n) is 2.92. The fraction of sp³-hybridized carbons (Fsp3) is 0.538. The summed E-state index contributed by atoms with van der Waals surface area (Å²) in [6.07, 6.45) is 3.21. The molecular formula is C13H20ClNO. The van der Waals surface area contributed by atoms with Crippen molar-refractivity contribution in [3.05, 3.63) is 27.8 Å². The number of rotatable bonds is 5. The van der Waals surface area contributed by atoms with Gasteiger partial charge in [-0.3, -0.25) is 0 Å². The monoisotopic (exact) mass is 241 g/mol. The minimum atomic E-state index is 0.732. The maximum atomic E-state index is 6.23. The molecule has 0 spiro atoms. The van der Waals surface area contributed by atoms with Crippen molar-refractivity contribution in [1.82, 2.24) is 0 Å². The van der Waals surface area contributed by atoms with Crippen LogP contribution in [0.2, 0.25) is 5.02 Å².